The van der Waals surface area contributed by atoms with Gasteiger partial charge in [-0.25, -0.2) is 4.98 Å². The smallest absolute Gasteiger partial charge is 0.258 e. The van der Waals surface area contributed by atoms with Gasteiger partial charge >= 0.3 is 0 Å². The molecular weight excluding hydrogens is 270 g/mol. The van der Waals surface area contributed by atoms with Gasteiger partial charge < -0.3 is 25.7 Å². The summed E-state index contributed by atoms with van der Waals surface area (Å²) in [4.78, 5) is 20.6. The molecule has 0 amide bonds. The van der Waals surface area contributed by atoms with Gasteiger partial charge in [-0.1, -0.05) is 0 Å². The van der Waals surface area contributed by atoms with Crippen LogP contribution in [0.5, 0.6) is 0 Å². The van der Waals surface area contributed by atoms with E-state index in [2.05, 4.69) is 27.2 Å². The zero-order valence-corrected chi connectivity index (χ0v) is 11.9. The Labute approximate surface area is 122 Å². The maximum atomic E-state index is 11.7. The van der Waals surface area contributed by atoms with Crippen molar-refractivity contribution >= 4 is 22.3 Å². The van der Waals surface area contributed by atoms with Crippen molar-refractivity contribution in [1.29, 1.82) is 0 Å². The van der Waals surface area contributed by atoms with E-state index in [1.807, 2.05) is 0 Å². The number of nitrogen functional groups attached to an aromatic ring is 1. The van der Waals surface area contributed by atoms with Crippen molar-refractivity contribution in [1.82, 2.24) is 14.9 Å². The maximum Gasteiger partial charge on any atom is 0.258 e. The van der Waals surface area contributed by atoms with Crippen LogP contribution >= 0.6 is 0 Å². The molecule has 1 aliphatic rings. The minimum atomic E-state index is -0.185. The molecule has 1 saturated heterocycles. The Bertz CT molecular complexity index is 699. The number of likely N-dealkylation sites (N-methyl/N-ethyl adjacent to an activating group) is 1. The van der Waals surface area contributed by atoms with Crippen LogP contribution in [0.2, 0.25) is 0 Å². The third-order valence-electron chi connectivity index (χ3n) is 3.67. The number of hydrogen-bond donors (Lipinski definition) is 3. The highest BCUT2D eigenvalue weighted by atomic mass is 16.5. The van der Waals surface area contributed by atoms with Crippen LogP contribution in [0.15, 0.2) is 23.3 Å². The highest BCUT2D eigenvalue weighted by molar-refractivity contribution is 5.88. The number of benzene rings is 1. The first-order valence-corrected chi connectivity index (χ1v) is 6.94. The second-order valence-corrected chi connectivity index (χ2v) is 5.32. The van der Waals surface area contributed by atoms with Crippen molar-refractivity contribution in [3.8, 4) is 0 Å². The Balaban J connectivity index is 1.77. The summed E-state index contributed by atoms with van der Waals surface area (Å²) in [5, 5.41) is 3.78. The average molecular weight is 289 g/mol. The van der Waals surface area contributed by atoms with Gasteiger partial charge in [-0.05, 0) is 19.2 Å². The lowest BCUT2D eigenvalue weighted by molar-refractivity contribution is -0.0117. The molecule has 112 valence electrons. The molecule has 0 saturated carbocycles. The molecule has 1 unspecified atom stereocenters. The topological polar surface area (TPSA) is 96.3 Å². The molecule has 0 aliphatic carbocycles. The molecule has 7 nitrogen and oxygen atoms in total. The van der Waals surface area contributed by atoms with E-state index in [1.165, 1.54) is 6.33 Å². The molecule has 0 spiro atoms. The monoisotopic (exact) mass is 289 g/mol. The molecule has 2 aromatic rings. The first-order valence-electron chi connectivity index (χ1n) is 6.94. The Hall–Kier alpha value is -2.12. The molecular formula is C14H19N5O2. The summed E-state index contributed by atoms with van der Waals surface area (Å²) in [6.07, 6.45) is 1.52. The van der Waals surface area contributed by atoms with Crippen molar-refractivity contribution in [3.63, 3.8) is 0 Å². The van der Waals surface area contributed by atoms with E-state index in [-0.39, 0.29) is 11.7 Å². The number of nitrogens with one attached hydrogen (secondary N) is 2. The largest absolute Gasteiger partial charge is 0.397 e. The van der Waals surface area contributed by atoms with Crippen LogP contribution < -0.4 is 16.6 Å². The van der Waals surface area contributed by atoms with Gasteiger partial charge in [-0.3, -0.25) is 4.79 Å². The number of rotatable bonds is 3. The number of anilines is 2. The molecule has 1 atom stereocenters. The summed E-state index contributed by atoms with van der Waals surface area (Å²) in [5.74, 6) is 0. The standard InChI is InChI=1S/C14H19N5O2/c1-19-2-3-21-9(7-19)6-16-13-5-12-10(4-11(13)15)14(20)18-8-17-12/h4-5,8-9,16H,2-3,6-7,15H2,1H3,(H,17,18,20). The van der Waals surface area contributed by atoms with E-state index in [0.29, 0.717) is 23.1 Å². The van der Waals surface area contributed by atoms with Gasteiger partial charge in [0.25, 0.3) is 5.56 Å². The number of aromatic amines is 1. The van der Waals surface area contributed by atoms with Gasteiger partial charge in [0.2, 0.25) is 0 Å². The first kappa shape index (κ1) is 13.8. The van der Waals surface area contributed by atoms with Crippen molar-refractivity contribution in [2.24, 2.45) is 0 Å². The lowest BCUT2D eigenvalue weighted by atomic mass is 10.2. The third-order valence-corrected chi connectivity index (χ3v) is 3.67. The molecule has 2 heterocycles. The lowest BCUT2D eigenvalue weighted by Gasteiger charge is -2.30. The zero-order valence-electron chi connectivity index (χ0n) is 11.9. The van der Waals surface area contributed by atoms with Gasteiger partial charge in [0.15, 0.2) is 0 Å². The number of nitrogens with two attached hydrogens (primary N) is 1. The maximum absolute atomic E-state index is 11.7. The fourth-order valence-electron chi connectivity index (χ4n) is 2.50. The van der Waals surface area contributed by atoms with Crippen LogP contribution in [0.3, 0.4) is 0 Å². The van der Waals surface area contributed by atoms with Crippen molar-refractivity contribution in [2.45, 2.75) is 6.10 Å². The van der Waals surface area contributed by atoms with Crippen LogP contribution in [0.4, 0.5) is 11.4 Å². The average Bonchev–Trinajstić information content (AvgIpc) is 2.46. The van der Waals surface area contributed by atoms with E-state index >= 15 is 0 Å². The predicted octanol–water partition coefficient (Wildman–Crippen LogP) is 0.248. The van der Waals surface area contributed by atoms with Gasteiger partial charge in [0.1, 0.15) is 0 Å². The summed E-state index contributed by atoms with van der Waals surface area (Å²) in [6, 6.07) is 3.45. The van der Waals surface area contributed by atoms with Gasteiger partial charge in [0, 0.05) is 19.6 Å². The number of morpholine rings is 1. The SMILES string of the molecule is CN1CCOC(CNc2cc3nc[nH]c(=O)c3cc2N)C1. The molecule has 21 heavy (non-hydrogen) atoms. The van der Waals surface area contributed by atoms with Crippen LogP contribution in [-0.4, -0.2) is 54.3 Å². The van der Waals surface area contributed by atoms with Crippen LogP contribution in [0.1, 0.15) is 0 Å². The minimum Gasteiger partial charge on any atom is -0.397 e. The van der Waals surface area contributed by atoms with Gasteiger partial charge in [-0.15, -0.1) is 0 Å². The van der Waals surface area contributed by atoms with E-state index in [1.54, 1.807) is 12.1 Å². The van der Waals surface area contributed by atoms with Crippen molar-refractivity contribution < 1.29 is 4.74 Å². The van der Waals surface area contributed by atoms with Crippen LogP contribution in [-0.2, 0) is 4.74 Å². The Morgan fingerprint density at radius 3 is 3.24 bits per heavy atom. The molecule has 1 aromatic carbocycles. The molecule has 1 fully saturated rings. The summed E-state index contributed by atoms with van der Waals surface area (Å²) < 4.78 is 5.70. The second-order valence-electron chi connectivity index (χ2n) is 5.32. The quantitative estimate of drug-likeness (QED) is 0.701. The summed E-state index contributed by atoms with van der Waals surface area (Å²) in [7, 11) is 2.08. The van der Waals surface area contributed by atoms with Gasteiger partial charge in [0.05, 0.1) is 41.3 Å². The Morgan fingerprint density at radius 2 is 2.43 bits per heavy atom. The lowest BCUT2D eigenvalue weighted by Crippen LogP contribution is -2.43. The fraction of sp³-hybridized carbons (Fsp3) is 0.429. The number of H-pyrrole nitrogens is 1. The number of hydrogen-bond acceptors (Lipinski definition) is 6. The molecule has 1 aliphatic heterocycles. The van der Waals surface area contributed by atoms with Gasteiger partial charge in [-0.2, -0.15) is 0 Å². The third kappa shape index (κ3) is 2.98. The second kappa shape index (κ2) is 5.71. The predicted molar refractivity (Wildman–Crippen MR) is 82.5 cm³/mol. The number of aromatic nitrogens is 2. The number of nitrogens with zero attached hydrogens (tertiary/aromatic N) is 2. The molecule has 0 radical (unpaired) electrons. The van der Waals surface area contributed by atoms with Crippen LogP contribution in [0, 0.1) is 0 Å². The van der Waals surface area contributed by atoms with Crippen LogP contribution in [0.25, 0.3) is 10.9 Å². The normalized spacial score (nSPS) is 19.8. The van der Waals surface area contributed by atoms with E-state index in [0.717, 1.165) is 25.4 Å². The fourth-order valence-corrected chi connectivity index (χ4v) is 2.50. The highest BCUT2D eigenvalue weighted by Crippen LogP contribution is 2.23. The Kier molecular flexibility index (Phi) is 3.76. The summed E-state index contributed by atoms with van der Waals surface area (Å²) in [5.41, 5.74) is 7.75. The molecule has 1 aromatic heterocycles. The van der Waals surface area contributed by atoms with Crippen molar-refractivity contribution in [3.05, 3.63) is 28.8 Å². The number of ether oxygens (including phenoxy) is 1. The highest BCUT2D eigenvalue weighted by Gasteiger charge is 2.17. The minimum absolute atomic E-state index is 0.131. The summed E-state index contributed by atoms with van der Waals surface area (Å²) >= 11 is 0. The molecule has 3 rings (SSSR count). The van der Waals surface area contributed by atoms with E-state index < -0.39 is 0 Å². The first-order chi connectivity index (χ1) is 10.1. The van der Waals surface area contributed by atoms with Crippen molar-refractivity contribution in [2.75, 3.05) is 44.3 Å². The zero-order chi connectivity index (χ0) is 14.8. The molecule has 0 bridgehead atoms. The molecule has 4 N–H and O–H groups in total. The number of fused-ring (bicyclic) bond motifs is 1. The Morgan fingerprint density at radius 1 is 1.57 bits per heavy atom. The van der Waals surface area contributed by atoms with E-state index in [4.69, 9.17) is 10.5 Å². The molecule has 7 heteroatoms. The van der Waals surface area contributed by atoms with E-state index in [9.17, 15) is 4.79 Å². The summed E-state index contributed by atoms with van der Waals surface area (Å²) in [6.45, 7) is 3.26.